The predicted octanol–water partition coefficient (Wildman–Crippen LogP) is 1.16. The molecule has 0 bridgehead atoms. The smallest absolute Gasteiger partial charge is 0.227 e. The third-order valence-corrected chi connectivity index (χ3v) is 4.28. The van der Waals surface area contributed by atoms with Crippen LogP contribution in [-0.4, -0.2) is 55.0 Å². The third kappa shape index (κ3) is 3.69. The van der Waals surface area contributed by atoms with E-state index in [0.717, 1.165) is 32.5 Å². The maximum Gasteiger partial charge on any atom is 0.227 e. The van der Waals surface area contributed by atoms with E-state index in [9.17, 15) is 4.79 Å². The van der Waals surface area contributed by atoms with E-state index in [0.29, 0.717) is 18.5 Å². The zero-order chi connectivity index (χ0) is 13.7. The van der Waals surface area contributed by atoms with Crippen molar-refractivity contribution in [1.82, 2.24) is 9.80 Å². The SMILES string of the molecule is CCN1CCC(N(C)C(=O)C(CN)C(C)C)CC1. The third-order valence-electron chi connectivity index (χ3n) is 4.28. The fourth-order valence-corrected chi connectivity index (χ4v) is 2.72. The highest BCUT2D eigenvalue weighted by atomic mass is 16.2. The van der Waals surface area contributed by atoms with Crippen LogP contribution in [0.2, 0.25) is 0 Å². The molecule has 0 aromatic rings. The van der Waals surface area contributed by atoms with E-state index in [2.05, 4.69) is 25.7 Å². The van der Waals surface area contributed by atoms with Gasteiger partial charge in [-0.25, -0.2) is 0 Å². The van der Waals surface area contributed by atoms with Gasteiger partial charge in [0.1, 0.15) is 0 Å². The minimum atomic E-state index is -0.0285. The first kappa shape index (κ1) is 15.4. The molecule has 1 amide bonds. The van der Waals surface area contributed by atoms with Gasteiger partial charge in [0, 0.05) is 32.7 Å². The quantitative estimate of drug-likeness (QED) is 0.802. The molecular formula is C14H29N3O. The summed E-state index contributed by atoms with van der Waals surface area (Å²) in [5, 5.41) is 0. The highest BCUT2D eigenvalue weighted by molar-refractivity contribution is 5.79. The molecule has 4 heteroatoms. The molecule has 1 fully saturated rings. The van der Waals surface area contributed by atoms with E-state index in [1.807, 2.05) is 11.9 Å². The Labute approximate surface area is 111 Å². The van der Waals surface area contributed by atoms with Crippen LogP contribution in [-0.2, 0) is 4.79 Å². The Kier molecular flexibility index (Phi) is 6.09. The minimum Gasteiger partial charge on any atom is -0.342 e. The molecule has 2 N–H and O–H groups in total. The average molecular weight is 255 g/mol. The van der Waals surface area contributed by atoms with E-state index in [1.54, 1.807) is 0 Å². The van der Waals surface area contributed by atoms with Gasteiger partial charge in [0.2, 0.25) is 5.91 Å². The molecule has 1 aliphatic heterocycles. The summed E-state index contributed by atoms with van der Waals surface area (Å²) in [7, 11) is 1.94. The molecule has 1 rings (SSSR count). The van der Waals surface area contributed by atoms with E-state index < -0.39 is 0 Å². The fraction of sp³-hybridized carbons (Fsp3) is 0.929. The Morgan fingerprint density at radius 2 is 1.94 bits per heavy atom. The molecule has 1 heterocycles. The summed E-state index contributed by atoms with van der Waals surface area (Å²) in [6, 6.07) is 0.396. The second-order valence-electron chi connectivity index (χ2n) is 5.70. The number of nitrogens with zero attached hydrogens (tertiary/aromatic N) is 2. The molecule has 1 aliphatic rings. The van der Waals surface area contributed by atoms with Gasteiger partial charge in [0.25, 0.3) is 0 Å². The maximum absolute atomic E-state index is 12.4. The first-order chi connectivity index (χ1) is 8.51. The normalized spacial score (nSPS) is 20.1. The maximum atomic E-state index is 12.4. The van der Waals surface area contributed by atoms with E-state index in [1.165, 1.54) is 0 Å². The zero-order valence-corrected chi connectivity index (χ0v) is 12.4. The van der Waals surface area contributed by atoms with Gasteiger partial charge in [-0.15, -0.1) is 0 Å². The van der Waals surface area contributed by atoms with Gasteiger partial charge in [0.05, 0.1) is 5.92 Å². The number of carbonyl (C=O) groups excluding carboxylic acids is 1. The van der Waals surface area contributed by atoms with Crippen LogP contribution in [0.4, 0.5) is 0 Å². The highest BCUT2D eigenvalue weighted by Gasteiger charge is 2.29. The van der Waals surface area contributed by atoms with Crippen LogP contribution in [0.5, 0.6) is 0 Å². The summed E-state index contributed by atoms with van der Waals surface area (Å²) in [5.41, 5.74) is 5.73. The number of rotatable bonds is 5. The number of hydrogen-bond donors (Lipinski definition) is 1. The van der Waals surface area contributed by atoms with Crippen LogP contribution in [0.3, 0.4) is 0 Å². The van der Waals surface area contributed by atoms with Crippen molar-refractivity contribution < 1.29 is 4.79 Å². The lowest BCUT2D eigenvalue weighted by atomic mass is 9.93. The number of likely N-dealkylation sites (tertiary alicyclic amines) is 1. The molecule has 0 radical (unpaired) electrons. The van der Waals surface area contributed by atoms with E-state index >= 15 is 0 Å². The Hall–Kier alpha value is -0.610. The van der Waals surface area contributed by atoms with Crippen molar-refractivity contribution in [3.05, 3.63) is 0 Å². The monoisotopic (exact) mass is 255 g/mol. The Morgan fingerprint density at radius 1 is 1.39 bits per heavy atom. The van der Waals surface area contributed by atoms with Crippen molar-refractivity contribution in [3.63, 3.8) is 0 Å². The summed E-state index contributed by atoms with van der Waals surface area (Å²) < 4.78 is 0. The van der Waals surface area contributed by atoms with Crippen LogP contribution in [0.15, 0.2) is 0 Å². The van der Waals surface area contributed by atoms with Gasteiger partial charge in [-0.3, -0.25) is 4.79 Å². The Balaban J connectivity index is 2.54. The largest absolute Gasteiger partial charge is 0.342 e. The van der Waals surface area contributed by atoms with Crippen molar-refractivity contribution in [2.75, 3.05) is 33.2 Å². The number of hydrogen-bond acceptors (Lipinski definition) is 3. The topological polar surface area (TPSA) is 49.6 Å². The number of amides is 1. The lowest BCUT2D eigenvalue weighted by Gasteiger charge is -2.38. The summed E-state index contributed by atoms with van der Waals surface area (Å²) >= 11 is 0. The molecule has 0 aromatic carbocycles. The Bertz CT molecular complexity index is 260. The molecule has 1 atom stereocenters. The van der Waals surface area contributed by atoms with Gasteiger partial charge in [-0.1, -0.05) is 20.8 Å². The van der Waals surface area contributed by atoms with Gasteiger partial charge < -0.3 is 15.5 Å². The lowest BCUT2D eigenvalue weighted by molar-refractivity contribution is -0.138. The van der Waals surface area contributed by atoms with Crippen molar-refractivity contribution >= 4 is 5.91 Å². The number of piperidine rings is 1. The number of carbonyl (C=O) groups is 1. The van der Waals surface area contributed by atoms with Crippen LogP contribution in [0, 0.1) is 11.8 Å². The molecular weight excluding hydrogens is 226 g/mol. The molecule has 0 spiro atoms. The molecule has 4 nitrogen and oxygen atoms in total. The van der Waals surface area contributed by atoms with Crippen LogP contribution >= 0.6 is 0 Å². The lowest BCUT2D eigenvalue weighted by Crippen LogP contribution is -2.49. The summed E-state index contributed by atoms with van der Waals surface area (Å²) in [5.74, 6) is 0.516. The first-order valence-electron chi connectivity index (χ1n) is 7.20. The zero-order valence-electron chi connectivity index (χ0n) is 12.4. The van der Waals surface area contributed by atoms with Gasteiger partial charge in [0.15, 0.2) is 0 Å². The molecule has 106 valence electrons. The second kappa shape index (κ2) is 7.10. The summed E-state index contributed by atoms with van der Waals surface area (Å²) in [6.07, 6.45) is 2.18. The van der Waals surface area contributed by atoms with Crippen molar-refractivity contribution in [2.24, 2.45) is 17.6 Å². The minimum absolute atomic E-state index is 0.0285. The first-order valence-corrected chi connectivity index (χ1v) is 7.20. The van der Waals surface area contributed by atoms with Gasteiger partial charge >= 0.3 is 0 Å². The van der Waals surface area contributed by atoms with E-state index in [-0.39, 0.29) is 11.8 Å². The fourth-order valence-electron chi connectivity index (χ4n) is 2.72. The van der Waals surface area contributed by atoms with Gasteiger partial charge in [-0.2, -0.15) is 0 Å². The van der Waals surface area contributed by atoms with Crippen molar-refractivity contribution in [1.29, 1.82) is 0 Å². The number of nitrogens with two attached hydrogens (primary N) is 1. The molecule has 1 unspecified atom stereocenters. The summed E-state index contributed by atoms with van der Waals surface area (Å²) in [4.78, 5) is 16.8. The van der Waals surface area contributed by atoms with Crippen molar-refractivity contribution in [2.45, 2.75) is 39.7 Å². The van der Waals surface area contributed by atoms with E-state index in [4.69, 9.17) is 5.73 Å². The predicted molar refractivity (Wildman–Crippen MR) is 75.3 cm³/mol. The molecule has 18 heavy (non-hydrogen) atoms. The summed E-state index contributed by atoms with van der Waals surface area (Å²) in [6.45, 7) is 10.1. The molecule has 0 saturated carbocycles. The van der Waals surface area contributed by atoms with Crippen LogP contribution in [0.25, 0.3) is 0 Å². The second-order valence-corrected chi connectivity index (χ2v) is 5.70. The van der Waals surface area contributed by atoms with Gasteiger partial charge in [-0.05, 0) is 25.3 Å². The standard InChI is InChI=1S/C14H29N3O/c1-5-17-8-6-12(7-9-17)16(4)14(18)13(10-15)11(2)3/h11-13H,5-10,15H2,1-4H3. The van der Waals surface area contributed by atoms with Crippen LogP contribution in [0.1, 0.15) is 33.6 Å². The Morgan fingerprint density at radius 3 is 2.33 bits per heavy atom. The molecule has 0 aromatic heterocycles. The molecule has 0 aliphatic carbocycles. The highest BCUT2D eigenvalue weighted by Crippen LogP contribution is 2.19. The molecule has 1 saturated heterocycles. The van der Waals surface area contributed by atoms with Crippen LogP contribution < -0.4 is 5.73 Å². The average Bonchev–Trinajstić information content (AvgIpc) is 2.38. The van der Waals surface area contributed by atoms with Crippen molar-refractivity contribution in [3.8, 4) is 0 Å².